The second-order valence-electron chi connectivity index (χ2n) is 7.74. The van der Waals surface area contributed by atoms with E-state index in [0.29, 0.717) is 38.4 Å². The molecule has 1 N–H and O–H groups in total. The molecule has 9 nitrogen and oxygen atoms in total. The second kappa shape index (κ2) is 9.56. The lowest BCUT2D eigenvalue weighted by molar-refractivity contribution is -0.122. The lowest BCUT2D eigenvalue weighted by Crippen LogP contribution is -2.54. The van der Waals surface area contributed by atoms with Gasteiger partial charge in [0.15, 0.2) is 11.5 Å². The lowest BCUT2D eigenvalue weighted by atomic mass is 10.1. The van der Waals surface area contributed by atoms with E-state index in [0.717, 1.165) is 4.90 Å². The molecule has 0 aliphatic carbocycles. The van der Waals surface area contributed by atoms with Crippen LogP contribution in [0.25, 0.3) is 6.08 Å². The molecule has 0 spiro atoms. The molecule has 5 rings (SSSR count). The number of nitriles is 1. The molecular weight excluding hydrogens is 530 g/mol. The van der Waals surface area contributed by atoms with Crippen LogP contribution in [0, 0.1) is 11.3 Å². The first-order chi connectivity index (χ1) is 17.4. The number of benzene rings is 3. The maximum Gasteiger partial charge on any atom is 0.335 e. The number of nitrogens with one attached hydrogen (secondary N) is 1. The standard InChI is InChI=1S/C26H16BrN3O6/c27-18-5-7-21(34-13-16-4-2-1-3-15(16)12-28)17(9-18)10-20-24(31)29-26(33)30(25(20)32)19-6-8-22-23(11-19)36-14-35-22/h1-11H,13-14H2,(H,29,31,33)/b20-10+. The van der Waals surface area contributed by atoms with Gasteiger partial charge in [0.1, 0.15) is 17.9 Å². The van der Waals surface area contributed by atoms with Gasteiger partial charge < -0.3 is 14.2 Å². The first-order valence-electron chi connectivity index (χ1n) is 10.7. The third-order valence-corrected chi connectivity index (χ3v) is 6.00. The van der Waals surface area contributed by atoms with Gasteiger partial charge in [-0.25, -0.2) is 9.69 Å². The van der Waals surface area contributed by atoms with Crippen molar-refractivity contribution < 1.29 is 28.6 Å². The Morgan fingerprint density at radius 3 is 2.69 bits per heavy atom. The van der Waals surface area contributed by atoms with Crippen molar-refractivity contribution >= 4 is 45.5 Å². The Bertz CT molecular complexity index is 1490. The Labute approximate surface area is 213 Å². The minimum Gasteiger partial charge on any atom is -0.488 e. The van der Waals surface area contributed by atoms with Crippen molar-refractivity contribution in [2.24, 2.45) is 0 Å². The summed E-state index contributed by atoms with van der Waals surface area (Å²) in [4.78, 5) is 39.4. The smallest absolute Gasteiger partial charge is 0.335 e. The number of amides is 4. The Morgan fingerprint density at radius 1 is 1.06 bits per heavy atom. The largest absolute Gasteiger partial charge is 0.488 e. The molecule has 1 saturated heterocycles. The zero-order valence-electron chi connectivity index (χ0n) is 18.5. The number of barbiturate groups is 1. The first kappa shape index (κ1) is 23.1. The van der Waals surface area contributed by atoms with Crippen LogP contribution >= 0.6 is 15.9 Å². The molecule has 1 fully saturated rings. The van der Waals surface area contributed by atoms with Crippen molar-refractivity contribution in [1.82, 2.24) is 5.32 Å². The number of ether oxygens (including phenoxy) is 3. The van der Waals surface area contributed by atoms with Gasteiger partial charge in [0.05, 0.1) is 17.3 Å². The zero-order chi connectivity index (χ0) is 25.2. The average Bonchev–Trinajstić information content (AvgIpc) is 3.34. The van der Waals surface area contributed by atoms with Gasteiger partial charge in [-0.3, -0.25) is 14.9 Å². The third kappa shape index (κ3) is 4.39. The van der Waals surface area contributed by atoms with E-state index in [1.54, 1.807) is 48.5 Å². The highest BCUT2D eigenvalue weighted by Gasteiger charge is 2.37. The summed E-state index contributed by atoms with van der Waals surface area (Å²) < 4.78 is 17.2. The van der Waals surface area contributed by atoms with E-state index < -0.39 is 17.8 Å². The van der Waals surface area contributed by atoms with Crippen molar-refractivity contribution in [3.8, 4) is 23.3 Å². The van der Waals surface area contributed by atoms with E-state index in [-0.39, 0.29) is 24.7 Å². The van der Waals surface area contributed by atoms with Crippen LogP contribution in [0.3, 0.4) is 0 Å². The van der Waals surface area contributed by atoms with Crippen LogP contribution in [-0.2, 0) is 16.2 Å². The molecule has 0 unspecified atom stereocenters. The molecule has 0 radical (unpaired) electrons. The summed E-state index contributed by atoms with van der Waals surface area (Å²) in [5, 5.41) is 11.5. The van der Waals surface area contributed by atoms with Crippen LogP contribution in [0.5, 0.6) is 17.2 Å². The number of imide groups is 2. The molecule has 0 bridgehead atoms. The molecule has 2 aliphatic rings. The van der Waals surface area contributed by atoms with Crippen LogP contribution in [0.4, 0.5) is 10.5 Å². The summed E-state index contributed by atoms with van der Waals surface area (Å²) >= 11 is 3.39. The fourth-order valence-electron chi connectivity index (χ4n) is 3.75. The van der Waals surface area contributed by atoms with E-state index in [1.807, 2.05) is 0 Å². The molecule has 3 aromatic rings. The zero-order valence-corrected chi connectivity index (χ0v) is 20.1. The molecule has 4 amide bonds. The van der Waals surface area contributed by atoms with E-state index in [2.05, 4.69) is 27.3 Å². The van der Waals surface area contributed by atoms with Gasteiger partial charge in [-0.15, -0.1) is 0 Å². The van der Waals surface area contributed by atoms with Crippen LogP contribution in [0.15, 0.2) is 70.7 Å². The summed E-state index contributed by atoms with van der Waals surface area (Å²) in [5.41, 5.74) is 1.56. The maximum atomic E-state index is 13.3. The van der Waals surface area contributed by atoms with Crippen LogP contribution in [0.1, 0.15) is 16.7 Å². The predicted octanol–water partition coefficient (Wildman–Crippen LogP) is 4.29. The van der Waals surface area contributed by atoms with Gasteiger partial charge in [0, 0.05) is 21.7 Å². The number of hydrogen-bond acceptors (Lipinski definition) is 7. The number of carbonyl (C=O) groups is 3. The van der Waals surface area contributed by atoms with Crippen LogP contribution in [0.2, 0.25) is 0 Å². The normalized spacial score (nSPS) is 15.6. The summed E-state index contributed by atoms with van der Waals surface area (Å²) in [6.45, 7) is 0.135. The van der Waals surface area contributed by atoms with Crippen molar-refractivity contribution in [1.29, 1.82) is 5.26 Å². The molecule has 3 aromatic carbocycles. The number of urea groups is 1. The number of anilines is 1. The highest BCUT2D eigenvalue weighted by Crippen LogP contribution is 2.36. The Morgan fingerprint density at radius 2 is 1.86 bits per heavy atom. The first-order valence-corrected chi connectivity index (χ1v) is 11.5. The molecule has 178 valence electrons. The Kier molecular flexibility index (Phi) is 6.14. The quantitative estimate of drug-likeness (QED) is 0.375. The molecule has 0 saturated carbocycles. The molecule has 2 aliphatic heterocycles. The molecule has 0 atom stereocenters. The van der Waals surface area contributed by atoms with Crippen molar-refractivity contribution in [2.45, 2.75) is 6.61 Å². The SMILES string of the molecule is N#Cc1ccccc1COc1ccc(Br)cc1/C=C1\C(=O)NC(=O)N(c2ccc3c(c2)OCO3)C1=O. The molecule has 2 heterocycles. The summed E-state index contributed by atoms with van der Waals surface area (Å²) in [5.74, 6) is -0.378. The van der Waals surface area contributed by atoms with E-state index in [9.17, 15) is 19.6 Å². The fraction of sp³-hybridized carbons (Fsp3) is 0.0769. The van der Waals surface area contributed by atoms with Crippen molar-refractivity contribution in [3.05, 3.63) is 87.4 Å². The molecular formula is C26H16BrN3O6. The second-order valence-corrected chi connectivity index (χ2v) is 8.65. The summed E-state index contributed by atoms with van der Waals surface area (Å²) in [6, 6.07) is 18.0. The number of nitrogens with zero attached hydrogens (tertiary/aromatic N) is 2. The molecule has 0 aromatic heterocycles. The summed E-state index contributed by atoms with van der Waals surface area (Å²) in [6.07, 6.45) is 1.36. The van der Waals surface area contributed by atoms with Crippen molar-refractivity contribution in [2.75, 3.05) is 11.7 Å². The minimum atomic E-state index is -0.875. The van der Waals surface area contributed by atoms with E-state index >= 15 is 0 Å². The molecule has 36 heavy (non-hydrogen) atoms. The van der Waals surface area contributed by atoms with Gasteiger partial charge in [-0.2, -0.15) is 5.26 Å². The highest BCUT2D eigenvalue weighted by molar-refractivity contribution is 9.10. The Hall–Kier alpha value is -4.62. The van der Waals surface area contributed by atoms with Crippen LogP contribution < -0.4 is 24.4 Å². The maximum absolute atomic E-state index is 13.3. The highest BCUT2D eigenvalue weighted by atomic mass is 79.9. The number of rotatable bonds is 5. The van der Waals surface area contributed by atoms with Gasteiger partial charge in [-0.05, 0) is 42.5 Å². The third-order valence-electron chi connectivity index (χ3n) is 5.51. The van der Waals surface area contributed by atoms with E-state index in [1.165, 1.54) is 18.2 Å². The number of carbonyl (C=O) groups excluding carboxylic acids is 3. The fourth-order valence-corrected chi connectivity index (χ4v) is 4.12. The number of fused-ring (bicyclic) bond motifs is 1. The Balaban J connectivity index is 1.47. The minimum absolute atomic E-state index is 0.0348. The topological polar surface area (TPSA) is 118 Å². The van der Waals surface area contributed by atoms with Crippen molar-refractivity contribution in [3.63, 3.8) is 0 Å². The van der Waals surface area contributed by atoms with Gasteiger partial charge >= 0.3 is 6.03 Å². The lowest BCUT2D eigenvalue weighted by Gasteiger charge is -2.26. The summed E-state index contributed by atoms with van der Waals surface area (Å²) in [7, 11) is 0. The number of hydrogen-bond donors (Lipinski definition) is 1. The van der Waals surface area contributed by atoms with Gasteiger partial charge in [-0.1, -0.05) is 34.1 Å². The van der Waals surface area contributed by atoms with Crippen LogP contribution in [-0.4, -0.2) is 24.6 Å². The number of halogens is 1. The van der Waals surface area contributed by atoms with Gasteiger partial charge in [0.2, 0.25) is 6.79 Å². The average molecular weight is 546 g/mol. The predicted molar refractivity (Wildman–Crippen MR) is 131 cm³/mol. The van der Waals surface area contributed by atoms with Gasteiger partial charge in [0.25, 0.3) is 11.8 Å². The molecule has 10 heteroatoms. The van der Waals surface area contributed by atoms with E-state index in [4.69, 9.17) is 14.2 Å². The monoisotopic (exact) mass is 545 g/mol.